The van der Waals surface area contributed by atoms with Crippen LogP contribution in [0, 0.1) is 6.20 Å². The van der Waals surface area contributed by atoms with E-state index in [1.807, 2.05) is 0 Å². The molecular weight excluding hydrogens is 159 g/mol. The van der Waals surface area contributed by atoms with Gasteiger partial charge in [0.2, 0.25) is 0 Å². The molecule has 0 atom stereocenters. The van der Waals surface area contributed by atoms with E-state index in [9.17, 15) is 13.2 Å². The molecule has 1 aromatic rings. The molecule has 0 saturated carbocycles. The zero-order valence-electron chi connectivity index (χ0n) is 5.22. The highest BCUT2D eigenvalue weighted by molar-refractivity contribution is 5.16. The molecule has 5 heteroatoms. The van der Waals surface area contributed by atoms with Crippen LogP contribution in [0.2, 0.25) is 0 Å². The lowest BCUT2D eigenvalue weighted by Gasteiger charge is -2.06. The third kappa shape index (κ3) is 2.88. The van der Waals surface area contributed by atoms with Crippen molar-refractivity contribution in [3.63, 3.8) is 0 Å². The van der Waals surface area contributed by atoms with Crippen LogP contribution in [0.1, 0.15) is 0 Å². The van der Waals surface area contributed by atoms with Crippen molar-refractivity contribution >= 4 is 0 Å². The highest BCUT2D eigenvalue weighted by Gasteiger charge is 2.30. The Hall–Kier alpha value is -1.26. The van der Waals surface area contributed by atoms with Crippen LogP contribution in [-0.4, -0.2) is 11.3 Å². The van der Waals surface area contributed by atoms with Gasteiger partial charge >= 0.3 is 6.36 Å². The number of ether oxygens (including phenoxy) is 1. The maximum atomic E-state index is 11.5. The van der Waals surface area contributed by atoms with Crippen LogP contribution in [0.15, 0.2) is 18.3 Å². The first-order valence-corrected chi connectivity index (χ1v) is 2.66. The molecule has 0 spiro atoms. The third-order valence-electron chi connectivity index (χ3n) is 0.828. The first kappa shape index (κ1) is 7.84. The fourth-order valence-corrected chi connectivity index (χ4v) is 0.500. The molecule has 1 rings (SSSR count). The SMILES string of the molecule is FC(F)(F)Oc1c[c]ncc1. The van der Waals surface area contributed by atoms with Crippen molar-refractivity contribution in [1.82, 2.24) is 4.98 Å². The average molecular weight is 162 g/mol. The van der Waals surface area contributed by atoms with E-state index in [4.69, 9.17) is 0 Å². The molecule has 0 fully saturated rings. The highest BCUT2D eigenvalue weighted by Crippen LogP contribution is 2.20. The lowest BCUT2D eigenvalue weighted by Crippen LogP contribution is -2.16. The smallest absolute Gasteiger partial charge is 0.406 e. The second-order valence-electron chi connectivity index (χ2n) is 1.67. The van der Waals surface area contributed by atoms with Gasteiger partial charge in [0.15, 0.2) is 0 Å². The number of alkyl halides is 3. The van der Waals surface area contributed by atoms with Gasteiger partial charge in [-0.2, -0.15) is 0 Å². The van der Waals surface area contributed by atoms with Crippen molar-refractivity contribution in [2.75, 3.05) is 0 Å². The highest BCUT2D eigenvalue weighted by atomic mass is 19.4. The molecule has 1 aromatic heterocycles. The molecule has 0 N–H and O–H groups in total. The molecule has 0 bridgehead atoms. The van der Waals surface area contributed by atoms with Crippen molar-refractivity contribution in [2.24, 2.45) is 0 Å². The first-order chi connectivity index (χ1) is 5.08. The lowest BCUT2D eigenvalue weighted by atomic mass is 10.5. The van der Waals surface area contributed by atoms with E-state index < -0.39 is 6.36 Å². The number of rotatable bonds is 1. The van der Waals surface area contributed by atoms with Crippen LogP contribution >= 0.6 is 0 Å². The van der Waals surface area contributed by atoms with Gasteiger partial charge in [-0.25, -0.2) is 0 Å². The monoisotopic (exact) mass is 162 g/mol. The molecule has 1 heterocycles. The molecule has 2 nitrogen and oxygen atoms in total. The van der Waals surface area contributed by atoms with Crippen LogP contribution in [0.4, 0.5) is 13.2 Å². The molecule has 0 aliphatic rings. The van der Waals surface area contributed by atoms with Crippen molar-refractivity contribution in [3.05, 3.63) is 24.5 Å². The van der Waals surface area contributed by atoms with Crippen molar-refractivity contribution < 1.29 is 17.9 Å². The van der Waals surface area contributed by atoms with E-state index in [1.54, 1.807) is 0 Å². The Balaban J connectivity index is 2.66. The fourth-order valence-electron chi connectivity index (χ4n) is 0.500. The molecule has 1 radical (unpaired) electrons. The average Bonchev–Trinajstić information content (AvgIpc) is 1.85. The number of nitrogens with zero attached hydrogens (tertiary/aromatic N) is 1. The van der Waals surface area contributed by atoms with E-state index >= 15 is 0 Å². The quantitative estimate of drug-likeness (QED) is 0.627. The van der Waals surface area contributed by atoms with Crippen LogP contribution in [-0.2, 0) is 0 Å². The summed E-state index contributed by atoms with van der Waals surface area (Å²) in [5, 5.41) is 0. The molecular formula is C6H3F3NO. The number of hydrogen-bond donors (Lipinski definition) is 0. The van der Waals surface area contributed by atoms with Crippen LogP contribution in [0.3, 0.4) is 0 Å². The summed E-state index contributed by atoms with van der Waals surface area (Å²) >= 11 is 0. The van der Waals surface area contributed by atoms with Gasteiger partial charge in [-0.1, -0.05) is 0 Å². The summed E-state index contributed by atoms with van der Waals surface area (Å²) in [4.78, 5) is 3.40. The van der Waals surface area contributed by atoms with Crippen LogP contribution < -0.4 is 4.74 Å². The fraction of sp³-hybridized carbons (Fsp3) is 0.167. The molecule has 59 valence electrons. The number of hydrogen-bond acceptors (Lipinski definition) is 2. The summed E-state index contributed by atoms with van der Waals surface area (Å²) in [6, 6.07) is 2.11. The molecule has 11 heavy (non-hydrogen) atoms. The Bertz CT molecular complexity index is 221. The topological polar surface area (TPSA) is 22.1 Å². The van der Waals surface area contributed by atoms with E-state index in [2.05, 4.69) is 15.9 Å². The van der Waals surface area contributed by atoms with Gasteiger partial charge in [0.05, 0.1) is 6.20 Å². The van der Waals surface area contributed by atoms with E-state index in [0.29, 0.717) is 0 Å². The maximum Gasteiger partial charge on any atom is 0.573 e. The molecule has 0 aromatic carbocycles. The van der Waals surface area contributed by atoms with E-state index in [-0.39, 0.29) is 5.75 Å². The molecule has 0 aliphatic heterocycles. The minimum atomic E-state index is -4.64. The predicted octanol–water partition coefficient (Wildman–Crippen LogP) is 1.78. The number of halogens is 3. The van der Waals surface area contributed by atoms with Crippen molar-refractivity contribution in [3.8, 4) is 5.75 Å². The van der Waals surface area contributed by atoms with Gasteiger partial charge in [-0.3, -0.25) is 4.98 Å². The Kier molecular flexibility index (Phi) is 1.98. The standard InChI is InChI=1S/C6H3F3NO/c7-6(8,9)11-5-1-3-10-4-2-5/h1-3H. The van der Waals surface area contributed by atoms with Gasteiger partial charge in [-0.15, -0.1) is 13.2 Å². The number of pyridine rings is 1. The minimum Gasteiger partial charge on any atom is -0.406 e. The van der Waals surface area contributed by atoms with E-state index in [0.717, 1.165) is 12.1 Å². The van der Waals surface area contributed by atoms with Gasteiger partial charge in [0, 0.05) is 12.3 Å². The summed E-state index contributed by atoms with van der Waals surface area (Å²) in [6.07, 6.45) is -1.27. The number of aromatic nitrogens is 1. The second-order valence-corrected chi connectivity index (χ2v) is 1.67. The third-order valence-corrected chi connectivity index (χ3v) is 0.828. The maximum absolute atomic E-state index is 11.5. The lowest BCUT2D eigenvalue weighted by molar-refractivity contribution is -0.274. The van der Waals surface area contributed by atoms with E-state index in [1.165, 1.54) is 6.20 Å². The zero-order valence-corrected chi connectivity index (χ0v) is 5.22. The summed E-state index contributed by atoms with van der Waals surface area (Å²) in [5.41, 5.74) is 0. The Morgan fingerprint density at radius 3 is 2.64 bits per heavy atom. The summed E-state index contributed by atoms with van der Waals surface area (Å²) in [7, 11) is 0. The second kappa shape index (κ2) is 2.77. The Morgan fingerprint density at radius 2 is 2.18 bits per heavy atom. The predicted molar refractivity (Wildman–Crippen MR) is 29.8 cm³/mol. The zero-order chi connectivity index (χ0) is 8.32. The van der Waals surface area contributed by atoms with Gasteiger partial charge in [0.1, 0.15) is 5.75 Å². The van der Waals surface area contributed by atoms with Gasteiger partial charge in [-0.05, 0) is 6.07 Å². The summed E-state index contributed by atoms with van der Waals surface area (Å²) < 4.78 is 38.0. The molecule has 0 unspecified atom stereocenters. The minimum absolute atomic E-state index is 0.312. The summed E-state index contributed by atoms with van der Waals surface area (Å²) in [5.74, 6) is -0.312. The Morgan fingerprint density at radius 1 is 1.45 bits per heavy atom. The Labute approximate surface area is 60.6 Å². The van der Waals surface area contributed by atoms with Crippen LogP contribution in [0.5, 0.6) is 5.75 Å². The first-order valence-electron chi connectivity index (χ1n) is 2.66. The van der Waals surface area contributed by atoms with Crippen LogP contribution in [0.25, 0.3) is 0 Å². The molecule has 0 saturated heterocycles. The van der Waals surface area contributed by atoms with Crippen molar-refractivity contribution in [2.45, 2.75) is 6.36 Å². The van der Waals surface area contributed by atoms with Gasteiger partial charge in [0.25, 0.3) is 0 Å². The normalized spacial score (nSPS) is 11.2. The molecule has 0 amide bonds. The largest absolute Gasteiger partial charge is 0.573 e. The van der Waals surface area contributed by atoms with Gasteiger partial charge < -0.3 is 4.74 Å². The van der Waals surface area contributed by atoms with Crippen molar-refractivity contribution in [1.29, 1.82) is 0 Å². The summed E-state index contributed by atoms with van der Waals surface area (Å²) in [6.45, 7) is 0. The molecule has 0 aliphatic carbocycles.